The van der Waals surface area contributed by atoms with Gasteiger partial charge in [-0.05, 0) is 54.1 Å². The SMILES string of the molecule is N#Cc1ccc(N2C(=O)C(Nc3ccc(F)cc3)=C(c3ccccc3)C2=O)cc1. The first-order valence-electron chi connectivity index (χ1n) is 8.80. The molecule has 0 spiro atoms. The molecule has 140 valence electrons. The molecule has 1 heterocycles. The van der Waals surface area contributed by atoms with Crippen molar-refractivity contribution < 1.29 is 14.0 Å². The van der Waals surface area contributed by atoms with Crippen LogP contribution in [-0.4, -0.2) is 11.8 Å². The van der Waals surface area contributed by atoms with Gasteiger partial charge < -0.3 is 5.32 Å². The normalized spacial score (nSPS) is 13.6. The summed E-state index contributed by atoms with van der Waals surface area (Å²) in [5.41, 5.74) is 2.20. The molecule has 0 unspecified atom stereocenters. The fraction of sp³-hybridized carbons (Fsp3) is 0. The molecule has 0 saturated heterocycles. The van der Waals surface area contributed by atoms with Gasteiger partial charge in [0.2, 0.25) is 0 Å². The molecule has 1 aliphatic heterocycles. The summed E-state index contributed by atoms with van der Waals surface area (Å²) >= 11 is 0. The number of imide groups is 1. The predicted octanol–water partition coefficient (Wildman–Crippen LogP) is 4.09. The van der Waals surface area contributed by atoms with Gasteiger partial charge in [0.1, 0.15) is 11.5 Å². The first-order chi connectivity index (χ1) is 14.1. The van der Waals surface area contributed by atoms with Gasteiger partial charge in [0.05, 0.1) is 22.9 Å². The molecule has 0 bridgehead atoms. The number of nitrogens with one attached hydrogen (secondary N) is 1. The van der Waals surface area contributed by atoms with Crippen LogP contribution in [0.2, 0.25) is 0 Å². The van der Waals surface area contributed by atoms with Crippen LogP contribution in [-0.2, 0) is 9.59 Å². The van der Waals surface area contributed by atoms with Gasteiger partial charge in [-0.1, -0.05) is 30.3 Å². The second kappa shape index (κ2) is 7.41. The third kappa shape index (κ3) is 3.37. The van der Waals surface area contributed by atoms with E-state index in [2.05, 4.69) is 5.32 Å². The quantitative estimate of drug-likeness (QED) is 0.689. The number of amides is 2. The van der Waals surface area contributed by atoms with Crippen molar-refractivity contribution in [3.63, 3.8) is 0 Å². The Balaban J connectivity index is 1.79. The molecule has 1 aliphatic rings. The summed E-state index contributed by atoms with van der Waals surface area (Å²) in [4.78, 5) is 27.4. The molecule has 0 atom stereocenters. The maximum absolute atomic E-state index is 13.2. The molecule has 6 heteroatoms. The van der Waals surface area contributed by atoms with Crippen molar-refractivity contribution in [3.8, 4) is 6.07 Å². The molecule has 0 aliphatic carbocycles. The van der Waals surface area contributed by atoms with E-state index in [1.54, 1.807) is 48.5 Å². The lowest BCUT2D eigenvalue weighted by Gasteiger charge is -2.15. The van der Waals surface area contributed by atoms with E-state index in [0.717, 1.165) is 4.90 Å². The molecule has 29 heavy (non-hydrogen) atoms. The van der Waals surface area contributed by atoms with Crippen molar-refractivity contribution in [1.29, 1.82) is 5.26 Å². The summed E-state index contributed by atoms with van der Waals surface area (Å²) in [6.07, 6.45) is 0. The second-order valence-electron chi connectivity index (χ2n) is 6.35. The lowest BCUT2D eigenvalue weighted by atomic mass is 10.0. The highest BCUT2D eigenvalue weighted by Crippen LogP contribution is 2.33. The van der Waals surface area contributed by atoms with E-state index in [4.69, 9.17) is 5.26 Å². The number of anilines is 2. The Kier molecular flexibility index (Phi) is 4.63. The number of hydrogen-bond acceptors (Lipinski definition) is 4. The predicted molar refractivity (Wildman–Crippen MR) is 107 cm³/mol. The number of nitrogens with zero attached hydrogens (tertiary/aromatic N) is 2. The fourth-order valence-electron chi connectivity index (χ4n) is 3.12. The van der Waals surface area contributed by atoms with E-state index in [0.29, 0.717) is 22.5 Å². The second-order valence-corrected chi connectivity index (χ2v) is 6.35. The van der Waals surface area contributed by atoms with Gasteiger partial charge in [-0.25, -0.2) is 9.29 Å². The van der Waals surface area contributed by atoms with Gasteiger partial charge in [-0.15, -0.1) is 0 Å². The highest BCUT2D eigenvalue weighted by atomic mass is 19.1. The third-order valence-corrected chi connectivity index (χ3v) is 4.51. The van der Waals surface area contributed by atoms with E-state index in [-0.39, 0.29) is 11.3 Å². The third-order valence-electron chi connectivity index (χ3n) is 4.51. The Hall–Kier alpha value is -4.24. The van der Waals surface area contributed by atoms with Crippen molar-refractivity contribution in [2.45, 2.75) is 0 Å². The van der Waals surface area contributed by atoms with E-state index in [1.165, 1.54) is 24.3 Å². The van der Waals surface area contributed by atoms with Crippen molar-refractivity contribution in [2.24, 2.45) is 0 Å². The van der Waals surface area contributed by atoms with Crippen LogP contribution < -0.4 is 10.2 Å². The highest BCUT2D eigenvalue weighted by molar-refractivity contribution is 6.46. The Morgan fingerprint density at radius 2 is 1.48 bits per heavy atom. The number of carbonyl (C=O) groups excluding carboxylic acids is 2. The van der Waals surface area contributed by atoms with Crippen molar-refractivity contribution in [1.82, 2.24) is 0 Å². The minimum atomic E-state index is -0.525. The molecular weight excluding hydrogens is 369 g/mol. The number of rotatable bonds is 4. The maximum atomic E-state index is 13.2. The van der Waals surface area contributed by atoms with Crippen molar-refractivity contribution in [2.75, 3.05) is 10.2 Å². The Morgan fingerprint density at radius 1 is 0.828 bits per heavy atom. The minimum Gasteiger partial charge on any atom is -0.350 e. The summed E-state index contributed by atoms with van der Waals surface area (Å²) < 4.78 is 13.2. The zero-order chi connectivity index (χ0) is 20.4. The summed E-state index contributed by atoms with van der Waals surface area (Å²) in [5, 5.41) is 11.9. The number of halogens is 1. The van der Waals surface area contributed by atoms with E-state index in [9.17, 15) is 14.0 Å². The molecular formula is C23H14FN3O2. The monoisotopic (exact) mass is 383 g/mol. The van der Waals surface area contributed by atoms with E-state index in [1.807, 2.05) is 12.1 Å². The Morgan fingerprint density at radius 3 is 2.10 bits per heavy atom. The average Bonchev–Trinajstić information content (AvgIpc) is 3.00. The molecule has 0 radical (unpaired) electrons. The number of nitriles is 1. The van der Waals surface area contributed by atoms with Crippen LogP contribution in [0.1, 0.15) is 11.1 Å². The Bertz CT molecular complexity index is 1160. The number of benzene rings is 3. The minimum absolute atomic E-state index is 0.108. The van der Waals surface area contributed by atoms with Gasteiger partial charge in [0.15, 0.2) is 0 Å². The zero-order valence-electron chi connectivity index (χ0n) is 15.1. The zero-order valence-corrected chi connectivity index (χ0v) is 15.1. The summed E-state index contributed by atoms with van der Waals surface area (Å²) in [6.45, 7) is 0. The molecule has 0 fully saturated rings. The van der Waals surface area contributed by atoms with Gasteiger partial charge in [0, 0.05) is 5.69 Å². The molecule has 1 N–H and O–H groups in total. The van der Waals surface area contributed by atoms with Crippen LogP contribution in [0.15, 0.2) is 84.6 Å². The van der Waals surface area contributed by atoms with Crippen LogP contribution in [0.5, 0.6) is 0 Å². The van der Waals surface area contributed by atoms with Crippen LogP contribution in [0.3, 0.4) is 0 Å². The van der Waals surface area contributed by atoms with Crippen LogP contribution in [0.4, 0.5) is 15.8 Å². The molecule has 0 saturated carbocycles. The molecule has 2 amide bonds. The first kappa shape index (κ1) is 18.1. The summed E-state index contributed by atoms with van der Waals surface area (Å²) in [5.74, 6) is -1.40. The molecule has 3 aromatic carbocycles. The first-order valence-corrected chi connectivity index (χ1v) is 8.80. The van der Waals surface area contributed by atoms with Gasteiger partial charge >= 0.3 is 0 Å². The van der Waals surface area contributed by atoms with Crippen molar-refractivity contribution >= 4 is 28.8 Å². The van der Waals surface area contributed by atoms with E-state index >= 15 is 0 Å². The van der Waals surface area contributed by atoms with E-state index < -0.39 is 17.6 Å². The lowest BCUT2D eigenvalue weighted by Crippen LogP contribution is -2.32. The number of carbonyl (C=O) groups is 2. The summed E-state index contributed by atoms with van der Waals surface area (Å²) in [6, 6.07) is 22.6. The summed E-state index contributed by atoms with van der Waals surface area (Å²) in [7, 11) is 0. The van der Waals surface area contributed by atoms with Gasteiger partial charge in [0.25, 0.3) is 11.8 Å². The standard InChI is InChI=1S/C23H14FN3O2/c24-17-8-10-18(11-9-17)26-21-20(16-4-2-1-3-5-16)22(28)27(23(21)29)19-12-6-15(14-25)7-13-19/h1-13,26H. The van der Waals surface area contributed by atoms with Gasteiger partial charge in [-0.3, -0.25) is 9.59 Å². The van der Waals surface area contributed by atoms with Crippen LogP contribution >= 0.6 is 0 Å². The lowest BCUT2D eigenvalue weighted by molar-refractivity contribution is -0.120. The maximum Gasteiger partial charge on any atom is 0.282 e. The molecule has 4 rings (SSSR count). The molecule has 3 aromatic rings. The smallest absolute Gasteiger partial charge is 0.282 e. The molecule has 5 nitrogen and oxygen atoms in total. The highest BCUT2D eigenvalue weighted by Gasteiger charge is 2.40. The largest absolute Gasteiger partial charge is 0.350 e. The van der Waals surface area contributed by atoms with Gasteiger partial charge in [-0.2, -0.15) is 5.26 Å². The molecule has 0 aromatic heterocycles. The Labute approximate surface area is 166 Å². The number of hydrogen-bond donors (Lipinski definition) is 1. The average molecular weight is 383 g/mol. The van der Waals surface area contributed by atoms with Crippen LogP contribution in [0.25, 0.3) is 5.57 Å². The topological polar surface area (TPSA) is 73.2 Å². The van der Waals surface area contributed by atoms with Crippen LogP contribution in [0, 0.1) is 17.1 Å². The fourth-order valence-corrected chi connectivity index (χ4v) is 3.12. The van der Waals surface area contributed by atoms with Crippen molar-refractivity contribution in [3.05, 3.63) is 102 Å².